The fourth-order valence-corrected chi connectivity index (χ4v) is 5.99. The van der Waals surface area contributed by atoms with E-state index in [9.17, 15) is 28.8 Å². The van der Waals surface area contributed by atoms with Gasteiger partial charge < -0.3 is 31.4 Å². The van der Waals surface area contributed by atoms with Crippen molar-refractivity contribution in [2.24, 2.45) is 34.3 Å². The van der Waals surface area contributed by atoms with Crippen LogP contribution in [0.4, 0.5) is 4.79 Å². The van der Waals surface area contributed by atoms with Crippen LogP contribution < -0.4 is 21.7 Å². The second-order valence-electron chi connectivity index (χ2n) is 17.1. The number of likely N-dealkylation sites (N-methyl/N-ethyl adjacent to an activating group) is 2. The van der Waals surface area contributed by atoms with Crippen molar-refractivity contribution in [3.63, 3.8) is 0 Å². The number of Topliss-reactive ketones (excluding diaryl/α,β-unsaturated/α-hetero) is 1. The molecule has 1 aliphatic carbocycles. The first kappa shape index (κ1) is 50.8. The van der Waals surface area contributed by atoms with Crippen molar-refractivity contribution >= 4 is 35.8 Å². The fraction of sp³-hybridized carbons (Fsp3) is 0.800. The van der Waals surface area contributed by atoms with Gasteiger partial charge >= 0.3 is 6.03 Å². The summed E-state index contributed by atoms with van der Waals surface area (Å²) in [6, 6.07) is -2.89. The molecule has 2 fully saturated rings. The zero-order valence-corrected chi connectivity index (χ0v) is 35.2. The number of rotatable bonds is 12. The molecule has 0 aromatic carbocycles. The Morgan fingerprint density at radius 3 is 1.83 bits per heavy atom. The van der Waals surface area contributed by atoms with Crippen LogP contribution in [0.15, 0.2) is 12.7 Å². The van der Waals surface area contributed by atoms with Gasteiger partial charge in [0.05, 0.1) is 18.1 Å². The van der Waals surface area contributed by atoms with Crippen molar-refractivity contribution in [2.75, 3.05) is 27.2 Å². The first-order valence-corrected chi connectivity index (χ1v) is 19.1. The van der Waals surface area contributed by atoms with Gasteiger partial charge in [0, 0.05) is 13.6 Å². The zero-order chi connectivity index (χ0) is 41.0. The third-order valence-electron chi connectivity index (χ3n) is 8.80. The van der Waals surface area contributed by atoms with Crippen molar-refractivity contribution in [3.8, 4) is 0 Å². The second-order valence-corrected chi connectivity index (χ2v) is 17.1. The van der Waals surface area contributed by atoms with E-state index in [4.69, 9.17) is 5.73 Å². The first-order chi connectivity index (χ1) is 23.9. The smallest absolute Gasteiger partial charge is 0.316 e. The SMILES string of the molecule is C=CCN(C)C(=O)C(C)NC(=O)NC(C=O)C(C)(C)C.CC(C)C.CCC.CN1CC[C@H](C(C)(C)C)C1C(=O)NC(CC1CCCC1)C(=O)C(N)=O. The summed E-state index contributed by atoms with van der Waals surface area (Å²) < 4.78 is 0. The molecule has 1 saturated carbocycles. The summed E-state index contributed by atoms with van der Waals surface area (Å²) >= 11 is 0. The van der Waals surface area contributed by atoms with Gasteiger partial charge in [-0.15, -0.1) is 6.58 Å². The summed E-state index contributed by atoms with van der Waals surface area (Å²) in [7, 11) is 3.57. The van der Waals surface area contributed by atoms with Crippen LogP contribution in [0.2, 0.25) is 0 Å². The molecule has 0 bridgehead atoms. The lowest BCUT2D eigenvalue weighted by Crippen LogP contribution is -2.54. The number of hydrogen-bond donors (Lipinski definition) is 4. The molecular formula is C40H76N6O6. The Morgan fingerprint density at radius 2 is 1.42 bits per heavy atom. The molecule has 5 atom stereocenters. The van der Waals surface area contributed by atoms with E-state index in [2.05, 4.69) is 77.9 Å². The number of amides is 5. The standard InChI is InChI=1S/C19H33N3O3.C14H25N3O3.C4H10.C3H8/c1-19(2,3)13-9-10-22(4)15(13)18(25)21-14(16(23)17(20)24)11-12-7-5-6-8-12;1-7-8-17(6)12(19)10(2)15-13(20)16-11(9-18)14(3,4)5;1-4(2)3;1-3-2/h12-15H,5-11H2,1-4H3,(H2,20,24)(H,21,25);7,9-11H,1,8H2,2-6H3,(H2,15,16,20);4H,1-3H3;3H2,1-2H3/t13-,14?,15?;;;/m0.../s1. The molecule has 0 spiro atoms. The van der Waals surface area contributed by atoms with Gasteiger partial charge in [-0.2, -0.15) is 0 Å². The number of carbonyl (C=O) groups excluding carboxylic acids is 6. The number of nitrogens with one attached hydrogen (secondary N) is 3. The van der Waals surface area contributed by atoms with Crippen molar-refractivity contribution in [1.82, 2.24) is 25.8 Å². The van der Waals surface area contributed by atoms with Gasteiger partial charge in [0.25, 0.3) is 5.91 Å². The Hall–Kier alpha value is -3.28. The lowest BCUT2D eigenvalue weighted by molar-refractivity contribution is -0.139. The molecule has 12 nitrogen and oxygen atoms in total. The highest BCUT2D eigenvalue weighted by molar-refractivity contribution is 6.37. The Morgan fingerprint density at radius 1 is 0.923 bits per heavy atom. The molecular weight excluding hydrogens is 660 g/mol. The second kappa shape index (κ2) is 24.9. The van der Waals surface area contributed by atoms with Gasteiger partial charge in [-0.05, 0) is 61.9 Å². The lowest BCUT2D eigenvalue weighted by Gasteiger charge is -2.34. The molecule has 52 heavy (non-hydrogen) atoms. The molecule has 302 valence electrons. The number of likely N-dealkylation sites (tertiary alicyclic amines) is 1. The van der Waals surface area contributed by atoms with Gasteiger partial charge in [-0.1, -0.05) is 114 Å². The fourth-order valence-electron chi connectivity index (χ4n) is 5.99. The van der Waals surface area contributed by atoms with E-state index in [0.29, 0.717) is 25.2 Å². The number of nitrogens with zero attached hydrogens (tertiary/aromatic N) is 2. The van der Waals surface area contributed by atoms with E-state index < -0.39 is 35.8 Å². The van der Waals surface area contributed by atoms with E-state index in [-0.39, 0.29) is 34.6 Å². The highest BCUT2D eigenvalue weighted by Gasteiger charge is 2.44. The van der Waals surface area contributed by atoms with Crippen molar-refractivity contribution < 1.29 is 28.8 Å². The van der Waals surface area contributed by atoms with E-state index in [0.717, 1.165) is 44.6 Å². The molecule has 1 heterocycles. The van der Waals surface area contributed by atoms with Crippen LogP contribution in [0, 0.1) is 28.6 Å². The molecule has 5 N–H and O–H groups in total. The number of nitrogens with two attached hydrogens (primary N) is 1. The van der Waals surface area contributed by atoms with Gasteiger partial charge in [-0.3, -0.25) is 24.1 Å². The largest absolute Gasteiger partial charge is 0.363 e. The van der Waals surface area contributed by atoms with Gasteiger partial charge in [0.1, 0.15) is 12.3 Å². The predicted molar refractivity (Wildman–Crippen MR) is 211 cm³/mol. The summed E-state index contributed by atoms with van der Waals surface area (Å²) in [4.78, 5) is 74.8. The summed E-state index contributed by atoms with van der Waals surface area (Å²) in [5.41, 5.74) is 4.83. The minimum atomic E-state index is -0.963. The Kier molecular flexibility index (Phi) is 24.3. The van der Waals surface area contributed by atoms with Gasteiger partial charge in [0.15, 0.2) is 0 Å². The van der Waals surface area contributed by atoms with Crippen molar-refractivity contribution in [3.05, 3.63) is 12.7 Å². The number of ketones is 1. The van der Waals surface area contributed by atoms with Crippen LogP contribution in [-0.4, -0.2) is 97.0 Å². The van der Waals surface area contributed by atoms with Gasteiger partial charge in [0.2, 0.25) is 17.6 Å². The summed E-state index contributed by atoms with van der Waals surface area (Å²) in [6.07, 6.45) is 9.40. The number of urea groups is 1. The monoisotopic (exact) mass is 737 g/mol. The van der Waals surface area contributed by atoms with Crippen LogP contribution in [0.5, 0.6) is 0 Å². The molecule has 1 aliphatic heterocycles. The van der Waals surface area contributed by atoms with Crippen molar-refractivity contribution in [2.45, 2.75) is 152 Å². The average Bonchev–Trinajstić information content (AvgIpc) is 3.68. The molecule has 5 amide bonds. The quantitative estimate of drug-likeness (QED) is 0.117. The maximum Gasteiger partial charge on any atom is 0.316 e. The highest BCUT2D eigenvalue weighted by Crippen LogP contribution is 2.38. The summed E-state index contributed by atoms with van der Waals surface area (Å²) in [5, 5.41) is 7.94. The third kappa shape index (κ3) is 20.1. The zero-order valence-electron chi connectivity index (χ0n) is 35.2. The van der Waals surface area contributed by atoms with Crippen LogP contribution in [0.3, 0.4) is 0 Å². The maximum absolute atomic E-state index is 13.0. The Balaban J connectivity index is 0. The van der Waals surface area contributed by atoms with Crippen LogP contribution >= 0.6 is 0 Å². The molecule has 12 heteroatoms. The number of hydrogen-bond acceptors (Lipinski definition) is 7. The highest BCUT2D eigenvalue weighted by atomic mass is 16.2. The molecule has 4 unspecified atom stereocenters. The van der Waals surface area contributed by atoms with E-state index in [1.807, 2.05) is 32.7 Å². The molecule has 2 rings (SSSR count). The maximum atomic E-state index is 13.0. The van der Waals surface area contributed by atoms with Crippen LogP contribution in [0.25, 0.3) is 0 Å². The predicted octanol–water partition coefficient (Wildman–Crippen LogP) is 5.48. The normalized spacial score (nSPS) is 19.1. The van der Waals surface area contributed by atoms with E-state index in [1.165, 1.54) is 11.3 Å². The molecule has 2 aliphatic rings. The lowest BCUT2D eigenvalue weighted by atomic mass is 9.76. The molecule has 1 saturated heterocycles. The number of aldehydes is 1. The minimum Gasteiger partial charge on any atom is -0.363 e. The number of primary amides is 1. The Labute approximate surface area is 316 Å². The van der Waals surface area contributed by atoms with Crippen LogP contribution in [0.1, 0.15) is 128 Å². The Bertz CT molecular complexity index is 1120. The molecule has 0 aromatic rings. The topological polar surface area (TPSA) is 171 Å². The van der Waals surface area contributed by atoms with E-state index >= 15 is 0 Å². The van der Waals surface area contributed by atoms with Crippen LogP contribution in [-0.2, 0) is 24.0 Å². The van der Waals surface area contributed by atoms with Crippen molar-refractivity contribution in [1.29, 1.82) is 0 Å². The third-order valence-corrected chi connectivity index (χ3v) is 8.80. The molecule has 0 radical (unpaired) electrons. The summed E-state index contributed by atoms with van der Waals surface area (Å²) in [6.45, 7) is 29.1. The molecule has 0 aromatic heterocycles. The first-order valence-electron chi connectivity index (χ1n) is 19.1. The number of carbonyl (C=O) groups is 6. The minimum absolute atomic E-state index is 0.00140. The van der Waals surface area contributed by atoms with E-state index in [1.54, 1.807) is 20.0 Å². The summed E-state index contributed by atoms with van der Waals surface area (Å²) in [5.74, 6) is -0.582. The average molecular weight is 737 g/mol. The van der Waals surface area contributed by atoms with Gasteiger partial charge in [-0.25, -0.2) is 4.79 Å².